The molecule has 1 saturated carbocycles. The number of aromatic nitrogens is 2. The van der Waals surface area contributed by atoms with Crippen molar-refractivity contribution < 1.29 is 4.39 Å². The minimum Gasteiger partial charge on any atom is -0.754 e. The topological polar surface area (TPSA) is 79.4 Å². The first-order chi connectivity index (χ1) is 13.2. The van der Waals surface area contributed by atoms with Gasteiger partial charge in [0.1, 0.15) is 11.6 Å². The molecule has 0 saturated heterocycles. The van der Waals surface area contributed by atoms with Crippen LogP contribution in [0, 0.1) is 11.0 Å². The average Bonchev–Trinajstić information content (AvgIpc) is 3.40. The molecule has 136 valence electrons. The second-order valence-electron chi connectivity index (χ2n) is 6.58. The number of nitrogens with one attached hydrogen (secondary N) is 2. The molecule has 2 aliphatic heterocycles. The van der Waals surface area contributed by atoms with Gasteiger partial charge in [0.25, 0.3) is 0 Å². The Labute approximate surface area is 155 Å². The van der Waals surface area contributed by atoms with Crippen LogP contribution < -0.4 is 10.6 Å². The summed E-state index contributed by atoms with van der Waals surface area (Å²) in [6.45, 7) is 0. The van der Waals surface area contributed by atoms with E-state index in [-0.39, 0.29) is 5.82 Å². The number of nitrogens with zero attached hydrogens (tertiary/aromatic N) is 4. The van der Waals surface area contributed by atoms with Gasteiger partial charge in [-0.2, -0.15) is 0 Å². The summed E-state index contributed by atoms with van der Waals surface area (Å²) >= 11 is 0. The number of hydroxylamine groups is 2. The second kappa shape index (κ2) is 6.10. The predicted molar refractivity (Wildman–Crippen MR) is 99.3 cm³/mol. The molecule has 0 unspecified atom stereocenters. The summed E-state index contributed by atoms with van der Waals surface area (Å²) in [5.41, 5.74) is 3.02. The SMILES string of the molecule is [O-]N1C=CN2C(=C1)NC(c1ccc(F)cc1)=C2c1ccnc(NC2CC2)n1. The average molecular weight is 363 g/mol. The molecule has 3 aliphatic rings. The molecular weight excluding hydrogens is 347 g/mol. The number of halogens is 1. The van der Waals surface area contributed by atoms with E-state index in [1.165, 1.54) is 24.5 Å². The lowest BCUT2D eigenvalue weighted by atomic mass is 10.1. The Kier molecular flexibility index (Phi) is 3.58. The van der Waals surface area contributed by atoms with Gasteiger partial charge < -0.3 is 20.9 Å². The van der Waals surface area contributed by atoms with Crippen LogP contribution in [0.2, 0.25) is 0 Å². The van der Waals surface area contributed by atoms with Crippen LogP contribution in [0.4, 0.5) is 10.3 Å². The van der Waals surface area contributed by atoms with Gasteiger partial charge in [-0.1, -0.05) is 0 Å². The van der Waals surface area contributed by atoms with Crippen molar-refractivity contribution in [3.8, 4) is 0 Å². The van der Waals surface area contributed by atoms with Crippen LogP contribution in [-0.2, 0) is 0 Å². The fraction of sp³-hybridized carbons (Fsp3) is 0.158. The summed E-state index contributed by atoms with van der Waals surface area (Å²) in [6, 6.07) is 8.46. The molecule has 7 nitrogen and oxygen atoms in total. The lowest BCUT2D eigenvalue weighted by Gasteiger charge is -2.30. The van der Waals surface area contributed by atoms with Crippen molar-refractivity contribution >= 4 is 17.3 Å². The van der Waals surface area contributed by atoms with E-state index in [0.717, 1.165) is 34.9 Å². The third-order valence-corrected chi connectivity index (χ3v) is 4.54. The van der Waals surface area contributed by atoms with Crippen LogP contribution in [0.5, 0.6) is 0 Å². The van der Waals surface area contributed by atoms with Crippen molar-refractivity contribution in [2.75, 3.05) is 5.32 Å². The van der Waals surface area contributed by atoms with Gasteiger partial charge in [0.05, 0.1) is 17.1 Å². The van der Waals surface area contributed by atoms with E-state index in [4.69, 9.17) is 0 Å². The van der Waals surface area contributed by atoms with Crippen LogP contribution in [0.25, 0.3) is 11.4 Å². The number of rotatable bonds is 4. The summed E-state index contributed by atoms with van der Waals surface area (Å²) < 4.78 is 13.4. The van der Waals surface area contributed by atoms with E-state index in [1.807, 2.05) is 11.0 Å². The zero-order valence-corrected chi connectivity index (χ0v) is 14.3. The van der Waals surface area contributed by atoms with Gasteiger partial charge >= 0.3 is 0 Å². The lowest BCUT2D eigenvalue weighted by molar-refractivity contribution is 0.546. The van der Waals surface area contributed by atoms with Gasteiger partial charge in [0.15, 0.2) is 0 Å². The first-order valence-electron chi connectivity index (χ1n) is 8.69. The van der Waals surface area contributed by atoms with Gasteiger partial charge in [-0.15, -0.1) is 0 Å². The van der Waals surface area contributed by atoms with Crippen molar-refractivity contribution in [3.63, 3.8) is 0 Å². The molecule has 0 spiro atoms. The monoisotopic (exact) mass is 363 g/mol. The Morgan fingerprint density at radius 2 is 1.96 bits per heavy atom. The molecule has 1 aromatic heterocycles. The molecule has 1 fully saturated rings. The summed E-state index contributed by atoms with van der Waals surface area (Å²) in [7, 11) is 0. The van der Waals surface area contributed by atoms with E-state index >= 15 is 0 Å². The molecule has 2 aromatic rings. The highest BCUT2D eigenvalue weighted by atomic mass is 19.1. The summed E-state index contributed by atoms with van der Waals surface area (Å²) in [6.07, 6.45) is 8.50. The highest BCUT2D eigenvalue weighted by Gasteiger charge is 2.30. The molecule has 2 N–H and O–H groups in total. The third-order valence-electron chi connectivity index (χ3n) is 4.54. The summed E-state index contributed by atoms with van der Waals surface area (Å²) in [5, 5.41) is 19.0. The second-order valence-corrected chi connectivity index (χ2v) is 6.58. The highest BCUT2D eigenvalue weighted by molar-refractivity contribution is 5.92. The Bertz CT molecular complexity index is 980. The van der Waals surface area contributed by atoms with E-state index in [9.17, 15) is 9.60 Å². The smallest absolute Gasteiger partial charge is 0.223 e. The minimum absolute atomic E-state index is 0.306. The van der Waals surface area contributed by atoms with Crippen LogP contribution in [-0.4, -0.2) is 26.0 Å². The van der Waals surface area contributed by atoms with Gasteiger partial charge in [0, 0.05) is 36.4 Å². The van der Waals surface area contributed by atoms with Gasteiger partial charge in [-0.05, 0) is 43.2 Å². The number of fused-ring (bicyclic) bond motifs is 1. The largest absolute Gasteiger partial charge is 0.754 e. The maximum absolute atomic E-state index is 13.4. The minimum atomic E-state index is -0.306. The Morgan fingerprint density at radius 1 is 1.15 bits per heavy atom. The molecule has 1 aliphatic carbocycles. The molecule has 8 heteroatoms. The summed E-state index contributed by atoms with van der Waals surface area (Å²) in [4.78, 5) is 10.8. The van der Waals surface area contributed by atoms with Crippen LogP contribution in [0.3, 0.4) is 0 Å². The highest BCUT2D eigenvalue weighted by Crippen LogP contribution is 2.37. The van der Waals surface area contributed by atoms with E-state index in [0.29, 0.717) is 23.5 Å². The maximum Gasteiger partial charge on any atom is 0.223 e. The molecule has 0 radical (unpaired) electrons. The fourth-order valence-electron chi connectivity index (χ4n) is 3.08. The summed E-state index contributed by atoms with van der Waals surface area (Å²) in [5.74, 6) is 0.876. The van der Waals surface area contributed by atoms with Gasteiger partial charge in [-0.3, -0.25) is 4.90 Å². The molecule has 0 atom stereocenters. The van der Waals surface area contributed by atoms with Crippen LogP contribution >= 0.6 is 0 Å². The first kappa shape index (κ1) is 15.8. The molecule has 0 amide bonds. The van der Waals surface area contributed by atoms with E-state index in [2.05, 4.69) is 20.6 Å². The van der Waals surface area contributed by atoms with E-state index in [1.54, 1.807) is 24.5 Å². The quantitative estimate of drug-likeness (QED) is 0.864. The lowest BCUT2D eigenvalue weighted by Crippen LogP contribution is -2.22. The Balaban J connectivity index is 1.61. The van der Waals surface area contributed by atoms with Crippen molar-refractivity contribution in [2.24, 2.45) is 0 Å². The molecule has 0 bridgehead atoms. The maximum atomic E-state index is 13.4. The molecule has 3 heterocycles. The van der Waals surface area contributed by atoms with Crippen molar-refractivity contribution in [2.45, 2.75) is 18.9 Å². The normalized spacial score (nSPS) is 18.4. The number of hydrogen-bond acceptors (Lipinski definition) is 7. The number of benzene rings is 1. The first-order valence-corrected chi connectivity index (χ1v) is 8.69. The molecule has 5 rings (SSSR count). The van der Waals surface area contributed by atoms with E-state index < -0.39 is 0 Å². The van der Waals surface area contributed by atoms with Crippen LogP contribution in [0.1, 0.15) is 24.1 Å². The third kappa shape index (κ3) is 3.00. The zero-order valence-electron chi connectivity index (χ0n) is 14.3. The Morgan fingerprint density at radius 3 is 2.74 bits per heavy atom. The zero-order chi connectivity index (χ0) is 18.4. The van der Waals surface area contributed by atoms with Gasteiger partial charge in [-0.25, -0.2) is 14.4 Å². The molecule has 1 aromatic carbocycles. The standard InChI is InChI=1S/C19H16FN6O/c20-13-3-1-12(2-4-13)17-18(26-10-9-25(27)11-16(26)24-17)15-7-8-21-19(23-15)22-14-5-6-14/h1-4,7-11,14,24H,5-6H2,(H,21,22,23)/q-1. The number of anilines is 1. The van der Waals surface area contributed by atoms with Crippen LogP contribution in [0.15, 0.2) is 60.9 Å². The predicted octanol–water partition coefficient (Wildman–Crippen LogP) is 3.00. The van der Waals surface area contributed by atoms with Crippen molar-refractivity contribution in [1.82, 2.24) is 25.2 Å². The van der Waals surface area contributed by atoms with Crippen molar-refractivity contribution in [1.29, 1.82) is 0 Å². The molecular formula is C19H16FN6O-. The van der Waals surface area contributed by atoms with Crippen molar-refractivity contribution in [3.05, 3.63) is 83.2 Å². The van der Waals surface area contributed by atoms with Gasteiger partial charge in [0.2, 0.25) is 5.95 Å². The Hall–Kier alpha value is -3.39. The molecule has 27 heavy (non-hydrogen) atoms. The fourth-order valence-corrected chi connectivity index (χ4v) is 3.08. The number of hydrogen-bond donors (Lipinski definition) is 2.